The van der Waals surface area contributed by atoms with Crippen LogP contribution in [0.15, 0.2) is 0 Å². The summed E-state index contributed by atoms with van der Waals surface area (Å²) in [6.07, 6.45) is 20.7. The van der Waals surface area contributed by atoms with Crippen molar-refractivity contribution in [2.75, 3.05) is 0 Å². The number of nitrogens with one attached hydrogen (secondary N) is 2. The third-order valence-electron chi connectivity index (χ3n) is 12.7. The molecule has 6 aliphatic rings. The molecule has 5 nitrogen and oxygen atoms in total. The van der Waals surface area contributed by atoms with Gasteiger partial charge in [-0.05, 0) is 111 Å². The molecule has 5 aliphatic carbocycles. The number of amides is 2. The molecule has 0 radical (unpaired) electrons. The first-order valence-corrected chi connectivity index (χ1v) is 16.6. The van der Waals surface area contributed by atoms with E-state index < -0.39 is 0 Å². The average Bonchev–Trinajstić information content (AvgIpc) is 3.27. The summed E-state index contributed by atoms with van der Waals surface area (Å²) >= 11 is 6.07. The number of carbonyl (C=O) groups excluding carboxylic acids is 2. The van der Waals surface area contributed by atoms with E-state index in [1.54, 1.807) is 0 Å². The summed E-state index contributed by atoms with van der Waals surface area (Å²) in [6.45, 7) is 4.94. The largest absolute Gasteiger partial charge is 0.359 e. The average molecular weight is 542 g/mol. The number of carbonyl (C=O) groups is 2. The summed E-state index contributed by atoms with van der Waals surface area (Å²) in [5.41, 5.74) is 0.298. The normalized spacial score (nSPS) is 41.8. The molecule has 212 valence electrons. The second-order valence-electron chi connectivity index (χ2n) is 14.5. The van der Waals surface area contributed by atoms with Gasteiger partial charge in [0.15, 0.2) is 5.11 Å². The molecular formula is C32H51N3O2S. The van der Waals surface area contributed by atoms with Crippen molar-refractivity contribution in [3.05, 3.63) is 0 Å². The van der Waals surface area contributed by atoms with E-state index in [9.17, 15) is 9.59 Å². The van der Waals surface area contributed by atoms with Crippen molar-refractivity contribution >= 4 is 29.1 Å². The third kappa shape index (κ3) is 4.63. The summed E-state index contributed by atoms with van der Waals surface area (Å²) in [7, 11) is 0. The van der Waals surface area contributed by atoms with Gasteiger partial charge in [0, 0.05) is 30.5 Å². The minimum absolute atomic E-state index is 0.0761. The predicted molar refractivity (Wildman–Crippen MR) is 155 cm³/mol. The maximum absolute atomic E-state index is 14.6. The molecule has 0 aromatic rings. The van der Waals surface area contributed by atoms with E-state index in [-0.39, 0.29) is 28.7 Å². The number of hydrogen-bond donors (Lipinski definition) is 2. The molecule has 2 unspecified atom stereocenters. The Kier molecular flexibility index (Phi) is 7.59. The van der Waals surface area contributed by atoms with E-state index >= 15 is 0 Å². The van der Waals surface area contributed by atoms with Gasteiger partial charge in [-0.2, -0.15) is 0 Å². The molecule has 0 bridgehead atoms. The highest BCUT2D eigenvalue weighted by Crippen LogP contribution is 2.65. The van der Waals surface area contributed by atoms with Gasteiger partial charge in [0.25, 0.3) is 0 Å². The quantitative estimate of drug-likeness (QED) is 0.401. The van der Waals surface area contributed by atoms with Crippen molar-refractivity contribution in [2.24, 2.45) is 34.5 Å². The van der Waals surface area contributed by atoms with Crippen LogP contribution in [0.5, 0.6) is 0 Å². The first kappa shape index (κ1) is 27.0. The first-order chi connectivity index (χ1) is 18.3. The zero-order chi connectivity index (χ0) is 26.5. The lowest BCUT2D eigenvalue weighted by atomic mass is 9.47. The Morgan fingerprint density at radius 3 is 2.26 bits per heavy atom. The lowest BCUT2D eigenvalue weighted by molar-refractivity contribution is -0.146. The molecule has 2 N–H and O–H groups in total. The standard InChI is InChI=1S/C32H51N3O2S/c1-31-19-17-25-23(13-16-27-32(25,2)20-18-28(36)34-27)24(31)14-15-26(31)29(37)35(22-11-7-4-8-12-22)30(38)33-21-9-5-3-6-10-21/h21-27H,3-20H2,1-2H3,(H,33,38)(H,34,36)/t23-,24-,25+,26?,27?,31-,32+/m0/s1. The zero-order valence-electron chi connectivity index (χ0n) is 23.9. The van der Waals surface area contributed by atoms with Crippen LogP contribution in [0.3, 0.4) is 0 Å². The Labute approximate surface area is 236 Å². The smallest absolute Gasteiger partial charge is 0.232 e. The van der Waals surface area contributed by atoms with E-state index in [1.807, 2.05) is 0 Å². The molecule has 1 aliphatic heterocycles. The van der Waals surface area contributed by atoms with E-state index in [0.29, 0.717) is 42.2 Å². The molecule has 5 saturated carbocycles. The molecule has 1 heterocycles. The summed E-state index contributed by atoms with van der Waals surface area (Å²) in [6, 6.07) is 1.06. The SMILES string of the molecule is C[C@]12CCC(=O)NC1CC[C@@H]1[C@H]2CC[C@]2(C)C(C(=O)N(C(=S)NC3CCCCC3)C3CCCCC3)CC[C@@H]12. The van der Waals surface area contributed by atoms with Gasteiger partial charge in [0.05, 0.1) is 0 Å². The van der Waals surface area contributed by atoms with Crippen molar-refractivity contribution < 1.29 is 9.59 Å². The first-order valence-electron chi connectivity index (χ1n) is 16.2. The highest BCUT2D eigenvalue weighted by atomic mass is 32.1. The highest BCUT2D eigenvalue weighted by molar-refractivity contribution is 7.80. The van der Waals surface area contributed by atoms with E-state index in [1.165, 1.54) is 70.6 Å². The van der Waals surface area contributed by atoms with Crippen LogP contribution >= 0.6 is 12.2 Å². The van der Waals surface area contributed by atoms with Crippen LogP contribution in [0.1, 0.15) is 129 Å². The molecule has 0 aromatic carbocycles. The Morgan fingerprint density at radius 2 is 1.53 bits per heavy atom. The van der Waals surface area contributed by atoms with Crippen molar-refractivity contribution in [3.8, 4) is 0 Å². The van der Waals surface area contributed by atoms with E-state index in [4.69, 9.17) is 12.2 Å². The van der Waals surface area contributed by atoms with Gasteiger partial charge >= 0.3 is 0 Å². The van der Waals surface area contributed by atoms with Crippen LogP contribution in [-0.2, 0) is 9.59 Å². The Morgan fingerprint density at radius 1 is 0.842 bits per heavy atom. The summed E-state index contributed by atoms with van der Waals surface area (Å²) < 4.78 is 0. The third-order valence-corrected chi connectivity index (χ3v) is 13.0. The van der Waals surface area contributed by atoms with Crippen LogP contribution in [0.2, 0.25) is 0 Å². The predicted octanol–water partition coefficient (Wildman–Crippen LogP) is 6.49. The molecule has 7 atom stereocenters. The van der Waals surface area contributed by atoms with Crippen molar-refractivity contribution in [1.82, 2.24) is 15.5 Å². The molecule has 1 saturated heterocycles. The molecule has 0 spiro atoms. The number of fused-ring (bicyclic) bond motifs is 5. The Bertz CT molecular complexity index is 928. The summed E-state index contributed by atoms with van der Waals surface area (Å²) in [5, 5.41) is 7.79. The van der Waals surface area contributed by atoms with Crippen LogP contribution in [0.4, 0.5) is 0 Å². The maximum atomic E-state index is 14.6. The van der Waals surface area contributed by atoms with Gasteiger partial charge in [0.1, 0.15) is 0 Å². The fraction of sp³-hybridized carbons (Fsp3) is 0.906. The van der Waals surface area contributed by atoms with E-state index in [2.05, 4.69) is 29.4 Å². The minimum Gasteiger partial charge on any atom is -0.359 e. The topological polar surface area (TPSA) is 61.4 Å². The number of hydrogen-bond acceptors (Lipinski definition) is 3. The second kappa shape index (κ2) is 10.7. The Hall–Kier alpha value is -1.17. The molecule has 6 heteroatoms. The van der Waals surface area contributed by atoms with Gasteiger partial charge in [-0.3, -0.25) is 14.5 Å². The molecule has 0 aromatic heterocycles. The zero-order valence-corrected chi connectivity index (χ0v) is 24.8. The molecule has 2 amide bonds. The van der Waals surface area contributed by atoms with Crippen LogP contribution < -0.4 is 10.6 Å². The van der Waals surface area contributed by atoms with Gasteiger partial charge in [-0.25, -0.2) is 0 Å². The van der Waals surface area contributed by atoms with Crippen molar-refractivity contribution in [1.29, 1.82) is 0 Å². The van der Waals surface area contributed by atoms with Gasteiger partial charge < -0.3 is 10.6 Å². The van der Waals surface area contributed by atoms with Crippen LogP contribution in [0, 0.1) is 34.5 Å². The molecule has 38 heavy (non-hydrogen) atoms. The van der Waals surface area contributed by atoms with E-state index in [0.717, 1.165) is 43.6 Å². The Balaban J connectivity index is 1.21. The summed E-state index contributed by atoms with van der Waals surface area (Å²) in [5.74, 6) is 2.68. The lowest BCUT2D eigenvalue weighted by Crippen LogP contribution is -2.61. The molecular weight excluding hydrogens is 490 g/mol. The fourth-order valence-corrected chi connectivity index (χ4v) is 11.0. The number of rotatable bonds is 3. The number of nitrogens with zero attached hydrogens (tertiary/aromatic N) is 1. The van der Waals surface area contributed by atoms with Crippen LogP contribution in [-0.4, -0.2) is 40.0 Å². The number of piperidine rings is 1. The second-order valence-corrected chi connectivity index (χ2v) is 14.9. The van der Waals surface area contributed by atoms with Gasteiger partial charge in [-0.1, -0.05) is 52.4 Å². The van der Waals surface area contributed by atoms with Gasteiger partial charge in [-0.15, -0.1) is 0 Å². The monoisotopic (exact) mass is 541 g/mol. The minimum atomic E-state index is 0.0761. The van der Waals surface area contributed by atoms with Crippen molar-refractivity contribution in [2.45, 2.75) is 148 Å². The molecule has 6 rings (SSSR count). The molecule has 6 fully saturated rings. The highest BCUT2D eigenvalue weighted by Gasteiger charge is 2.62. The van der Waals surface area contributed by atoms with Crippen LogP contribution in [0.25, 0.3) is 0 Å². The van der Waals surface area contributed by atoms with Crippen molar-refractivity contribution in [3.63, 3.8) is 0 Å². The van der Waals surface area contributed by atoms with Gasteiger partial charge in [0.2, 0.25) is 11.8 Å². The number of thiocarbonyl (C=S) groups is 1. The fourth-order valence-electron chi connectivity index (χ4n) is 10.6. The lowest BCUT2D eigenvalue weighted by Gasteiger charge is -2.60. The summed E-state index contributed by atoms with van der Waals surface area (Å²) in [4.78, 5) is 28.9. The maximum Gasteiger partial charge on any atom is 0.232 e.